The number of rotatable bonds is 5. The fourth-order valence-electron chi connectivity index (χ4n) is 4.99. The molecule has 1 aromatic heterocycles. The van der Waals surface area contributed by atoms with Crippen LogP contribution < -0.4 is 15.5 Å². The van der Waals surface area contributed by atoms with Gasteiger partial charge < -0.3 is 20.1 Å². The molecule has 1 fully saturated rings. The van der Waals surface area contributed by atoms with Crippen LogP contribution in [0.4, 0.5) is 17.1 Å². The minimum Gasteiger partial charge on any atom is -0.399 e. The highest BCUT2D eigenvalue weighted by atomic mass is 16.2. The fourth-order valence-corrected chi connectivity index (χ4v) is 4.99. The van der Waals surface area contributed by atoms with E-state index >= 15 is 0 Å². The van der Waals surface area contributed by atoms with Crippen LogP contribution >= 0.6 is 0 Å². The van der Waals surface area contributed by atoms with E-state index in [9.17, 15) is 9.59 Å². The normalized spacial score (nSPS) is 19.2. The number of nitrogens with zero attached hydrogens (tertiary/aromatic N) is 4. The summed E-state index contributed by atoms with van der Waals surface area (Å²) in [7, 11) is 0. The fraction of sp³-hybridized carbons (Fsp3) is 0.346. The number of anilines is 3. The van der Waals surface area contributed by atoms with Crippen LogP contribution in [0.15, 0.2) is 61.2 Å². The molecule has 5 rings (SSSR count). The molecule has 7 nitrogen and oxygen atoms in total. The monoisotopic (exact) mass is 443 g/mol. The lowest BCUT2D eigenvalue weighted by Crippen LogP contribution is -2.39. The van der Waals surface area contributed by atoms with Crippen molar-refractivity contribution in [2.24, 2.45) is 5.92 Å². The second kappa shape index (κ2) is 8.06. The Labute approximate surface area is 193 Å². The van der Waals surface area contributed by atoms with Crippen LogP contribution in [0.1, 0.15) is 31.4 Å². The minimum atomic E-state index is -0.360. The maximum absolute atomic E-state index is 13.6. The minimum absolute atomic E-state index is 0.0211. The predicted molar refractivity (Wildman–Crippen MR) is 129 cm³/mol. The van der Waals surface area contributed by atoms with E-state index in [1.807, 2.05) is 29.6 Å². The van der Waals surface area contributed by atoms with Gasteiger partial charge in [-0.25, -0.2) is 4.98 Å². The first-order valence-corrected chi connectivity index (χ1v) is 11.4. The van der Waals surface area contributed by atoms with Gasteiger partial charge in [-0.1, -0.05) is 32.0 Å². The van der Waals surface area contributed by atoms with Gasteiger partial charge in [0.2, 0.25) is 11.8 Å². The first kappa shape index (κ1) is 21.2. The number of fused-ring (bicyclic) bond motifs is 1. The second-order valence-electron chi connectivity index (χ2n) is 9.71. The Hall–Kier alpha value is -3.61. The highest BCUT2D eigenvalue weighted by Gasteiger charge is 2.43. The summed E-state index contributed by atoms with van der Waals surface area (Å²) in [5, 5.41) is 0. The molecule has 0 radical (unpaired) electrons. The number of nitrogens with two attached hydrogens (primary N) is 1. The summed E-state index contributed by atoms with van der Waals surface area (Å²) in [5.41, 5.74) is 10.5. The van der Waals surface area contributed by atoms with Crippen molar-refractivity contribution in [3.63, 3.8) is 0 Å². The van der Waals surface area contributed by atoms with Crippen molar-refractivity contribution in [2.75, 3.05) is 28.6 Å². The maximum atomic E-state index is 13.6. The molecule has 0 bridgehead atoms. The number of aryl methyl sites for hydroxylation is 2. The van der Waals surface area contributed by atoms with Gasteiger partial charge in [0.25, 0.3) is 0 Å². The van der Waals surface area contributed by atoms with Crippen molar-refractivity contribution in [1.82, 2.24) is 9.55 Å². The van der Waals surface area contributed by atoms with Crippen molar-refractivity contribution >= 4 is 28.9 Å². The van der Waals surface area contributed by atoms with Gasteiger partial charge in [0, 0.05) is 60.9 Å². The van der Waals surface area contributed by atoms with Crippen molar-refractivity contribution in [1.29, 1.82) is 0 Å². The van der Waals surface area contributed by atoms with E-state index < -0.39 is 0 Å². The van der Waals surface area contributed by atoms with Gasteiger partial charge in [0.1, 0.15) is 0 Å². The summed E-state index contributed by atoms with van der Waals surface area (Å²) in [6.45, 7) is 6.23. The van der Waals surface area contributed by atoms with Gasteiger partial charge >= 0.3 is 0 Å². The third-order valence-corrected chi connectivity index (χ3v) is 6.77. The zero-order valence-corrected chi connectivity index (χ0v) is 19.1. The van der Waals surface area contributed by atoms with Crippen molar-refractivity contribution in [3.05, 3.63) is 72.3 Å². The third kappa shape index (κ3) is 3.99. The molecular formula is C26H29N5O2. The number of hydrogen-bond acceptors (Lipinski definition) is 4. The Morgan fingerprint density at radius 2 is 2.06 bits per heavy atom. The topological polar surface area (TPSA) is 84.5 Å². The number of nitrogen functional groups attached to an aromatic ring is 1. The molecule has 33 heavy (non-hydrogen) atoms. The molecule has 3 aromatic rings. The molecule has 7 heteroatoms. The van der Waals surface area contributed by atoms with Crippen LogP contribution in [0.5, 0.6) is 0 Å². The largest absolute Gasteiger partial charge is 0.399 e. The lowest BCUT2D eigenvalue weighted by Gasteiger charge is -2.23. The number of carbonyl (C=O) groups excluding carboxylic acids is 2. The maximum Gasteiger partial charge on any atom is 0.232 e. The molecule has 2 aliphatic rings. The number of hydrogen-bond donors (Lipinski definition) is 1. The smallest absolute Gasteiger partial charge is 0.232 e. The molecule has 0 aliphatic carbocycles. The van der Waals surface area contributed by atoms with Crippen LogP contribution in [-0.4, -0.2) is 34.5 Å². The molecule has 3 heterocycles. The Kier molecular flexibility index (Phi) is 5.19. The Morgan fingerprint density at radius 3 is 2.82 bits per heavy atom. The number of imidazole rings is 1. The van der Waals surface area contributed by atoms with Crippen LogP contribution in [-0.2, 0) is 28.0 Å². The molecule has 2 aromatic carbocycles. The Morgan fingerprint density at radius 1 is 1.21 bits per heavy atom. The van der Waals surface area contributed by atoms with Crippen LogP contribution in [0.3, 0.4) is 0 Å². The SMILES string of the molecule is CC1(C)CN(C(=O)C2CC(=O)N(c3cccc(N)c3)C2)c2ccc(CCn3ccnc3)cc21. The average molecular weight is 444 g/mol. The second-order valence-corrected chi connectivity index (χ2v) is 9.71. The van der Waals surface area contributed by atoms with Crippen LogP contribution in [0, 0.1) is 5.92 Å². The van der Waals surface area contributed by atoms with Crippen LogP contribution in [0.2, 0.25) is 0 Å². The third-order valence-electron chi connectivity index (χ3n) is 6.77. The van der Waals surface area contributed by atoms with E-state index in [1.165, 1.54) is 11.1 Å². The lowest BCUT2D eigenvalue weighted by molar-refractivity contribution is -0.124. The van der Waals surface area contributed by atoms with Gasteiger partial charge in [-0.15, -0.1) is 0 Å². The van der Waals surface area contributed by atoms with Crippen LogP contribution in [0.25, 0.3) is 0 Å². The first-order valence-electron chi connectivity index (χ1n) is 11.4. The van der Waals surface area contributed by atoms with Crippen molar-refractivity contribution in [2.45, 2.75) is 38.6 Å². The number of aromatic nitrogens is 2. The summed E-state index contributed by atoms with van der Waals surface area (Å²) in [4.78, 5) is 33.9. The summed E-state index contributed by atoms with van der Waals surface area (Å²) in [6.07, 6.45) is 6.71. The number of benzene rings is 2. The molecule has 1 saturated heterocycles. The zero-order valence-electron chi connectivity index (χ0n) is 19.1. The summed E-state index contributed by atoms with van der Waals surface area (Å²) in [6, 6.07) is 13.7. The van der Waals surface area contributed by atoms with Gasteiger partial charge in [-0.3, -0.25) is 9.59 Å². The quantitative estimate of drug-likeness (QED) is 0.613. The molecule has 170 valence electrons. The summed E-state index contributed by atoms with van der Waals surface area (Å²) in [5.74, 6) is -0.373. The standard InChI is InChI=1S/C26H29N5O2/c1-26(2)16-31(23-7-6-18(12-22(23)26)8-10-29-11-9-28-17-29)25(33)19-13-24(32)30(15-19)21-5-3-4-20(27)14-21/h3-7,9,11-12,14,17,19H,8,10,13,15-16,27H2,1-2H3. The number of carbonyl (C=O) groups is 2. The van der Waals surface area contributed by atoms with E-state index in [2.05, 4.69) is 41.6 Å². The predicted octanol–water partition coefficient (Wildman–Crippen LogP) is 3.39. The molecule has 2 aliphatic heterocycles. The molecule has 1 unspecified atom stereocenters. The van der Waals surface area contributed by atoms with Gasteiger partial charge in [-0.05, 0) is 41.8 Å². The van der Waals surface area contributed by atoms with E-state index in [0.29, 0.717) is 18.8 Å². The Balaban J connectivity index is 1.34. The lowest BCUT2D eigenvalue weighted by atomic mass is 9.86. The zero-order chi connectivity index (χ0) is 23.2. The molecule has 2 N–H and O–H groups in total. The first-order chi connectivity index (χ1) is 15.8. The van der Waals surface area contributed by atoms with Gasteiger partial charge in [0.15, 0.2) is 0 Å². The molecular weight excluding hydrogens is 414 g/mol. The Bertz CT molecular complexity index is 1200. The highest BCUT2D eigenvalue weighted by Crippen LogP contribution is 2.42. The molecule has 1 atom stereocenters. The van der Waals surface area contributed by atoms with E-state index in [0.717, 1.165) is 24.3 Å². The number of amides is 2. The van der Waals surface area contributed by atoms with E-state index in [-0.39, 0.29) is 29.6 Å². The molecule has 0 spiro atoms. The van der Waals surface area contributed by atoms with Crippen molar-refractivity contribution in [3.8, 4) is 0 Å². The van der Waals surface area contributed by atoms with Gasteiger partial charge in [-0.2, -0.15) is 0 Å². The highest BCUT2D eigenvalue weighted by molar-refractivity contribution is 6.05. The van der Waals surface area contributed by atoms with E-state index in [1.54, 1.807) is 23.2 Å². The average Bonchev–Trinajstić information content (AvgIpc) is 3.50. The van der Waals surface area contributed by atoms with Gasteiger partial charge in [0.05, 0.1) is 12.2 Å². The molecule has 0 saturated carbocycles. The van der Waals surface area contributed by atoms with E-state index in [4.69, 9.17) is 5.73 Å². The van der Waals surface area contributed by atoms with Crippen molar-refractivity contribution < 1.29 is 9.59 Å². The summed E-state index contributed by atoms with van der Waals surface area (Å²) < 4.78 is 2.07. The molecule has 2 amide bonds. The summed E-state index contributed by atoms with van der Waals surface area (Å²) >= 11 is 0.